The molecule has 0 bridgehead atoms. The Morgan fingerprint density at radius 2 is 1.27 bits per heavy atom. The van der Waals surface area contributed by atoms with Gasteiger partial charge in [0.1, 0.15) is 0 Å². The van der Waals surface area contributed by atoms with E-state index in [0.717, 1.165) is 22.4 Å². The highest BCUT2D eigenvalue weighted by atomic mass is 16.1. The minimum absolute atomic E-state index is 0.0222. The van der Waals surface area contributed by atoms with Crippen LogP contribution in [0.5, 0.6) is 0 Å². The van der Waals surface area contributed by atoms with Crippen LogP contribution >= 0.6 is 0 Å². The molecular weight excluding hydrogens is 270 g/mol. The molecule has 0 amide bonds. The largest absolute Gasteiger partial charge is 0.287 e. The molecule has 1 heterocycles. The maximum atomic E-state index is 12.0. The summed E-state index contributed by atoms with van der Waals surface area (Å²) < 4.78 is 1.72. The van der Waals surface area contributed by atoms with Crippen LogP contribution in [0.15, 0.2) is 60.8 Å². The van der Waals surface area contributed by atoms with Gasteiger partial charge in [0.25, 0.3) is 0 Å². The van der Waals surface area contributed by atoms with E-state index in [4.69, 9.17) is 0 Å². The zero-order valence-electron chi connectivity index (χ0n) is 13.1. The van der Waals surface area contributed by atoms with Crippen LogP contribution in [0.4, 0.5) is 0 Å². The molecule has 22 heavy (non-hydrogen) atoms. The van der Waals surface area contributed by atoms with Crippen molar-refractivity contribution in [1.29, 1.82) is 0 Å². The first-order valence-electron chi connectivity index (χ1n) is 7.42. The Hall–Kier alpha value is -2.61. The molecule has 3 aromatic rings. The van der Waals surface area contributed by atoms with Crippen molar-refractivity contribution in [2.45, 2.75) is 20.8 Å². The fourth-order valence-electron chi connectivity index (χ4n) is 2.67. The van der Waals surface area contributed by atoms with E-state index in [1.54, 1.807) is 11.5 Å². The van der Waals surface area contributed by atoms with Gasteiger partial charge in [-0.1, -0.05) is 59.7 Å². The highest BCUT2D eigenvalue weighted by Crippen LogP contribution is 2.33. The standard InChI is InChI=1S/C20H19NO/c1-14-4-8-17(9-5-14)19-12-13-21(16(3)22)20(19)18-10-6-15(2)7-11-18/h4-13H,1-3H3. The van der Waals surface area contributed by atoms with E-state index in [0.29, 0.717) is 0 Å². The quantitative estimate of drug-likeness (QED) is 0.643. The smallest absolute Gasteiger partial charge is 0.227 e. The van der Waals surface area contributed by atoms with Crippen LogP contribution in [0.1, 0.15) is 22.8 Å². The van der Waals surface area contributed by atoms with Crippen molar-refractivity contribution in [3.8, 4) is 22.4 Å². The lowest BCUT2D eigenvalue weighted by Crippen LogP contribution is -2.06. The molecule has 2 aromatic carbocycles. The zero-order chi connectivity index (χ0) is 15.7. The van der Waals surface area contributed by atoms with E-state index in [9.17, 15) is 4.79 Å². The van der Waals surface area contributed by atoms with Gasteiger partial charge in [-0.25, -0.2) is 0 Å². The normalized spacial score (nSPS) is 10.7. The molecule has 0 saturated carbocycles. The highest BCUT2D eigenvalue weighted by molar-refractivity contribution is 5.90. The average molecular weight is 289 g/mol. The second-order valence-corrected chi connectivity index (χ2v) is 5.70. The van der Waals surface area contributed by atoms with Crippen molar-refractivity contribution in [2.24, 2.45) is 0 Å². The molecule has 0 spiro atoms. The third-order valence-electron chi connectivity index (χ3n) is 3.91. The SMILES string of the molecule is CC(=O)n1ccc(-c2ccc(C)cc2)c1-c1ccc(C)cc1. The lowest BCUT2D eigenvalue weighted by molar-refractivity contribution is 0.0939. The summed E-state index contributed by atoms with van der Waals surface area (Å²) in [5.41, 5.74) is 6.66. The van der Waals surface area contributed by atoms with Crippen LogP contribution in [0.25, 0.3) is 22.4 Å². The number of benzene rings is 2. The molecule has 0 N–H and O–H groups in total. The van der Waals surface area contributed by atoms with E-state index in [1.165, 1.54) is 11.1 Å². The van der Waals surface area contributed by atoms with Crippen molar-refractivity contribution >= 4 is 5.91 Å². The van der Waals surface area contributed by atoms with Crippen LogP contribution in [0.3, 0.4) is 0 Å². The third kappa shape index (κ3) is 2.60. The molecule has 0 atom stereocenters. The maximum Gasteiger partial charge on any atom is 0.227 e. The predicted octanol–water partition coefficient (Wildman–Crippen LogP) is 5.10. The van der Waals surface area contributed by atoms with Gasteiger partial charge >= 0.3 is 0 Å². The molecule has 0 aliphatic rings. The summed E-state index contributed by atoms with van der Waals surface area (Å²) >= 11 is 0. The van der Waals surface area contributed by atoms with E-state index >= 15 is 0 Å². The monoisotopic (exact) mass is 289 g/mol. The molecule has 0 saturated heterocycles. The van der Waals surface area contributed by atoms with Gasteiger partial charge in [0.05, 0.1) is 5.69 Å². The van der Waals surface area contributed by atoms with Crippen LogP contribution in [-0.4, -0.2) is 10.5 Å². The third-order valence-corrected chi connectivity index (χ3v) is 3.91. The lowest BCUT2D eigenvalue weighted by atomic mass is 10.00. The second kappa shape index (κ2) is 5.64. The first-order chi connectivity index (χ1) is 10.6. The van der Waals surface area contributed by atoms with Crippen molar-refractivity contribution in [1.82, 2.24) is 4.57 Å². The molecule has 0 aliphatic carbocycles. The molecule has 0 unspecified atom stereocenters. The average Bonchev–Trinajstić information content (AvgIpc) is 2.94. The number of aromatic nitrogens is 1. The van der Waals surface area contributed by atoms with E-state index in [2.05, 4.69) is 62.4 Å². The fraction of sp³-hybridized carbons (Fsp3) is 0.150. The molecule has 2 heteroatoms. The Balaban J connectivity index is 2.21. The number of hydrogen-bond donors (Lipinski definition) is 0. The van der Waals surface area contributed by atoms with E-state index in [-0.39, 0.29) is 5.91 Å². The number of nitrogens with zero attached hydrogens (tertiary/aromatic N) is 1. The summed E-state index contributed by atoms with van der Waals surface area (Å²) in [4.78, 5) is 12.0. The van der Waals surface area contributed by atoms with E-state index < -0.39 is 0 Å². The molecule has 1 aromatic heterocycles. The van der Waals surface area contributed by atoms with Crippen LogP contribution in [0.2, 0.25) is 0 Å². The van der Waals surface area contributed by atoms with Crippen molar-refractivity contribution in [3.05, 3.63) is 71.9 Å². The number of aryl methyl sites for hydroxylation is 2. The topological polar surface area (TPSA) is 22.0 Å². The number of hydrogen-bond acceptors (Lipinski definition) is 1. The van der Waals surface area contributed by atoms with Gasteiger partial charge in [-0.05, 0) is 31.0 Å². The van der Waals surface area contributed by atoms with Gasteiger partial charge < -0.3 is 0 Å². The lowest BCUT2D eigenvalue weighted by Gasteiger charge is -2.10. The number of carbonyl (C=O) groups is 1. The molecule has 0 fully saturated rings. The van der Waals surface area contributed by atoms with Gasteiger partial charge in [0, 0.05) is 18.7 Å². The van der Waals surface area contributed by atoms with Gasteiger partial charge in [0.2, 0.25) is 5.91 Å². The number of rotatable bonds is 2. The Labute approximate surface area is 131 Å². The summed E-state index contributed by atoms with van der Waals surface area (Å²) in [6, 6.07) is 18.7. The molecule has 0 radical (unpaired) electrons. The Kier molecular flexibility index (Phi) is 3.68. The Morgan fingerprint density at radius 1 is 0.773 bits per heavy atom. The Bertz CT molecular complexity index is 808. The Morgan fingerprint density at radius 3 is 1.77 bits per heavy atom. The van der Waals surface area contributed by atoms with Crippen LogP contribution < -0.4 is 0 Å². The maximum absolute atomic E-state index is 12.0. The minimum Gasteiger partial charge on any atom is -0.287 e. The van der Waals surface area contributed by atoms with Crippen molar-refractivity contribution in [3.63, 3.8) is 0 Å². The summed E-state index contributed by atoms with van der Waals surface area (Å²) in [7, 11) is 0. The summed E-state index contributed by atoms with van der Waals surface area (Å²) in [5, 5.41) is 0. The van der Waals surface area contributed by atoms with E-state index in [1.807, 2.05) is 12.3 Å². The molecule has 2 nitrogen and oxygen atoms in total. The summed E-state index contributed by atoms with van der Waals surface area (Å²) in [6.45, 7) is 5.73. The first kappa shape index (κ1) is 14.3. The number of carbonyl (C=O) groups excluding carboxylic acids is 1. The van der Waals surface area contributed by atoms with Gasteiger partial charge in [-0.2, -0.15) is 0 Å². The fourth-order valence-corrected chi connectivity index (χ4v) is 2.67. The van der Waals surface area contributed by atoms with Crippen LogP contribution in [0, 0.1) is 13.8 Å². The van der Waals surface area contributed by atoms with Crippen LogP contribution in [-0.2, 0) is 0 Å². The zero-order valence-corrected chi connectivity index (χ0v) is 13.1. The van der Waals surface area contributed by atoms with Gasteiger partial charge in [-0.15, -0.1) is 0 Å². The molecule has 3 rings (SSSR count). The van der Waals surface area contributed by atoms with Gasteiger partial charge in [0.15, 0.2) is 0 Å². The highest BCUT2D eigenvalue weighted by Gasteiger charge is 2.15. The summed E-state index contributed by atoms with van der Waals surface area (Å²) in [6.07, 6.45) is 1.85. The molecular formula is C20H19NO. The second-order valence-electron chi connectivity index (χ2n) is 5.70. The molecule has 110 valence electrons. The minimum atomic E-state index is 0.0222. The first-order valence-corrected chi connectivity index (χ1v) is 7.42. The predicted molar refractivity (Wildman–Crippen MR) is 91.1 cm³/mol. The van der Waals surface area contributed by atoms with Gasteiger partial charge in [-0.3, -0.25) is 9.36 Å². The van der Waals surface area contributed by atoms with Crippen molar-refractivity contribution < 1.29 is 4.79 Å². The summed E-state index contributed by atoms with van der Waals surface area (Å²) in [5.74, 6) is 0.0222. The molecule has 0 aliphatic heterocycles. The van der Waals surface area contributed by atoms with Crippen molar-refractivity contribution in [2.75, 3.05) is 0 Å².